The molecule has 1 atom stereocenters. The Balaban J connectivity index is 1.86. The molecule has 7 nitrogen and oxygen atoms in total. The molecule has 8 heteroatoms. The molecule has 0 saturated carbocycles. The zero-order valence-electron chi connectivity index (χ0n) is 18.8. The third-order valence-corrected chi connectivity index (χ3v) is 6.12. The van der Waals surface area contributed by atoms with E-state index in [0.29, 0.717) is 25.2 Å². The molecule has 3 rings (SSSR count). The van der Waals surface area contributed by atoms with Gasteiger partial charge in [-0.05, 0) is 51.3 Å². The summed E-state index contributed by atoms with van der Waals surface area (Å²) in [6, 6.07) is 3.84. The number of nitrogens with zero attached hydrogens (tertiary/aromatic N) is 3. The van der Waals surface area contributed by atoms with Gasteiger partial charge >= 0.3 is 12.1 Å². The molecule has 0 radical (unpaired) electrons. The summed E-state index contributed by atoms with van der Waals surface area (Å²) in [5.74, 6) is -0.110. The van der Waals surface area contributed by atoms with Crippen molar-refractivity contribution >= 4 is 38.7 Å². The molecule has 1 aromatic carbocycles. The average Bonchev–Trinajstić information content (AvgIpc) is 3.08. The number of methoxy groups -OCH3 is 1. The van der Waals surface area contributed by atoms with Crippen LogP contribution in [0.4, 0.5) is 9.93 Å². The van der Waals surface area contributed by atoms with Gasteiger partial charge < -0.3 is 19.3 Å². The fourth-order valence-corrected chi connectivity index (χ4v) is 4.74. The molecular weight excluding hydrogens is 402 g/mol. The number of ether oxygens (including phenoxy) is 2. The lowest BCUT2D eigenvalue weighted by Gasteiger charge is -2.40. The second kappa shape index (κ2) is 8.41. The van der Waals surface area contributed by atoms with E-state index in [1.807, 2.05) is 32.9 Å². The normalized spacial score (nSPS) is 17.5. The quantitative estimate of drug-likeness (QED) is 0.656. The Morgan fingerprint density at radius 3 is 2.50 bits per heavy atom. The van der Waals surface area contributed by atoms with Crippen LogP contribution >= 0.6 is 11.3 Å². The van der Waals surface area contributed by atoms with Gasteiger partial charge in [-0.2, -0.15) is 0 Å². The van der Waals surface area contributed by atoms with Crippen LogP contribution in [-0.4, -0.2) is 60.3 Å². The molecule has 1 aliphatic heterocycles. The van der Waals surface area contributed by atoms with Crippen molar-refractivity contribution in [1.29, 1.82) is 0 Å². The maximum Gasteiger partial charge on any atom is 0.410 e. The monoisotopic (exact) mass is 433 g/mol. The number of amides is 1. The highest BCUT2D eigenvalue weighted by Gasteiger charge is 2.31. The summed E-state index contributed by atoms with van der Waals surface area (Å²) in [6.45, 7) is 13.7. The third kappa shape index (κ3) is 4.69. The molecule has 1 aromatic heterocycles. The largest absolute Gasteiger partial charge is 0.465 e. The minimum absolute atomic E-state index is 0.106. The van der Waals surface area contributed by atoms with Gasteiger partial charge in [0.25, 0.3) is 0 Å². The second-order valence-electron chi connectivity index (χ2n) is 9.02. The summed E-state index contributed by atoms with van der Waals surface area (Å²) in [7, 11) is 1.39. The summed E-state index contributed by atoms with van der Waals surface area (Å²) in [4.78, 5) is 33.4. The molecule has 1 saturated heterocycles. The number of carbonyl (C=O) groups is 2. The highest BCUT2D eigenvalue weighted by atomic mass is 32.1. The van der Waals surface area contributed by atoms with E-state index in [1.54, 1.807) is 16.2 Å². The van der Waals surface area contributed by atoms with E-state index in [4.69, 9.17) is 14.5 Å². The lowest BCUT2D eigenvalue weighted by atomic mass is 9.99. The first-order valence-electron chi connectivity index (χ1n) is 10.3. The zero-order valence-corrected chi connectivity index (χ0v) is 19.6. The van der Waals surface area contributed by atoms with Crippen molar-refractivity contribution in [2.45, 2.75) is 59.1 Å². The van der Waals surface area contributed by atoms with E-state index in [0.717, 1.165) is 20.9 Å². The molecular formula is C22H31N3O4S. The van der Waals surface area contributed by atoms with Crippen LogP contribution < -0.4 is 4.90 Å². The van der Waals surface area contributed by atoms with Crippen molar-refractivity contribution in [3.05, 3.63) is 23.3 Å². The first kappa shape index (κ1) is 22.3. The highest BCUT2D eigenvalue weighted by Crippen LogP contribution is 2.36. The number of benzene rings is 1. The Bertz CT molecular complexity index is 948. The van der Waals surface area contributed by atoms with Crippen molar-refractivity contribution in [1.82, 2.24) is 9.88 Å². The van der Waals surface area contributed by atoms with E-state index in [-0.39, 0.29) is 24.0 Å². The summed E-state index contributed by atoms with van der Waals surface area (Å²) in [5.41, 5.74) is 2.01. The van der Waals surface area contributed by atoms with Crippen LogP contribution in [0.5, 0.6) is 0 Å². The van der Waals surface area contributed by atoms with Crippen LogP contribution in [-0.2, 0) is 9.47 Å². The van der Waals surface area contributed by atoms with Crippen LogP contribution in [0, 0.1) is 0 Å². The Labute approximate surface area is 182 Å². The Morgan fingerprint density at radius 2 is 1.93 bits per heavy atom. The molecule has 1 fully saturated rings. The minimum Gasteiger partial charge on any atom is -0.465 e. The topological polar surface area (TPSA) is 72.0 Å². The Morgan fingerprint density at radius 1 is 1.23 bits per heavy atom. The van der Waals surface area contributed by atoms with Gasteiger partial charge in [0.2, 0.25) is 0 Å². The number of hydrogen-bond acceptors (Lipinski definition) is 7. The maximum atomic E-state index is 12.4. The second-order valence-corrected chi connectivity index (χ2v) is 10.0. The molecule has 1 unspecified atom stereocenters. The van der Waals surface area contributed by atoms with Gasteiger partial charge in [-0.25, -0.2) is 14.6 Å². The van der Waals surface area contributed by atoms with Gasteiger partial charge in [0.15, 0.2) is 5.13 Å². The number of piperazine rings is 1. The number of aromatic nitrogens is 1. The predicted molar refractivity (Wildman–Crippen MR) is 120 cm³/mol. The number of fused-ring (bicyclic) bond motifs is 1. The highest BCUT2D eigenvalue weighted by molar-refractivity contribution is 7.22. The van der Waals surface area contributed by atoms with Crippen LogP contribution in [0.3, 0.4) is 0 Å². The standard InChI is InChI=1S/C22H31N3O4S/c1-13(2)16-10-15(19(26)28-7)11-17-18(16)23-20(30-17)25-9-8-24(12-14(25)3)21(27)29-22(4,5)6/h10-11,13-14H,8-9,12H2,1-7H3. The number of hydrogen-bond donors (Lipinski definition) is 0. The number of thiazole rings is 1. The van der Waals surface area contributed by atoms with Gasteiger partial charge in [0.05, 0.1) is 22.9 Å². The van der Waals surface area contributed by atoms with Crippen molar-refractivity contribution in [2.24, 2.45) is 0 Å². The molecule has 30 heavy (non-hydrogen) atoms. The molecule has 164 valence electrons. The molecule has 1 amide bonds. The molecule has 2 heterocycles. The predicted octanol–water partition coefficient (Wildman–Crippen LogP) is 4.65. The number of carbonyl (C=O) groups excluding carboxylic acids is 2. The number of esters is 1. The van der Waals surface area contributed by atoms with Crippen LogP contribution in [0.1, 0.15) is 63.4 Å². The third-order valence-electron chi connectivity index (χ3n) is 5.08. The van der Waals surface area contributed by atoms with Gasteiger partial charge in [-0.3, -0.25) is 0 Å². The summed E-state index contributed by atoms with van der Waals surface area (Å²) < 4.78 is 11.4. The first-order valence-corrected chi connectivity index (χ1v) is 11.1. The summed E-state index contributed by atoms with van der Waals surface area (Å²) in [6.07, 6.45) is -0.275. The smallest absolute Gasteiger partial charge is 0.410 e. The SMILES string of the molecule is COC(=O)c1cc(C(C)C)c2nc(N3CCN(C(=O)OC(C)(C)C)CC3C)sc2c1. The zero-order chi connectivity index (χ0) is 22.2. The van der Waals surface area contributed by atoms with Gasteiger partial charge in [0, 0.05) is 25.7 Å². The van der Waals surface area contributed by atoms with Crippen molar-refractivity contribution in [3.8, 4) is 0 Å². The lowest BCUT2D eigenvalue weighted by molar-refractivity contribution is 0.0218. The molecule has 0 spiro atoms. The van der Waals surface area contributed by atoms with Crippen molar-refractivity contribution in [3.63, 3.8) is 0 Å². The molecule has 0 aliphatic carbocycles. The van der Waals surface area contributed by atoms with E-state index in [9.17, 15) is 9.59 Å². The summed E-state index contributed by atoms with van der Waals surface area (Å²) in [5, 5.41) is 0.908. The van der Waals surface area contributed by atoms with Crippen molar-refractivity contribution in [2.75, 3.05) is 31.6 Å². The molecule has 2 aromatic rings. The molecule has 1 aliphatic rings. The van der Waals surface area contributed by atoms with Crippen LogP contribution in [0.2, 0.25) is 0 Å². The van der Waals surface area contributed by atoms with Crippen LogP contribution in [0.25, 0.3) is 10.2 Å². The Kier molecular flexibility index (Phi) is 6.26. The number of anilines is 1. The van der Waals surface area contributed by atoms with Crippen LogP contribution in [0.15, 0.2) is 12.1 Å². The number of rotatable bonds is 3. The first-order chi connectivity index (χ1) is 14.0. The van der Waals surface area contributed by atoms with E-state index in [2.05, 4.69) is 25.7 Å². The molecule has 0 N–H and O–H groups in total. The Hall–Kier alpha value is -2.35. The maximum absolute atomic E-state index is 12.4. The average molecular weight is 434 g/mol. The van der Waals surface area contributed by atoms with Gasteiger partial charge in [0.1, 0.15) is 5.60 Å². The van der Waals surface area contributed by atoms with Gasteiger partial charge in [-0.1, -0.05) is 25.2 Å². The van der Waals surface area contributed by atoms with Gasteiger partial charge in [-0.15, -0.1) is 0 Å². The molecule has 0 bridgehead atoms. The van der Waals surface area contributed by atoms with E-state index >= 15 is 0 Å². The minimum atomic E-state index is -0.505. The summed E-state index contributed by atoms with van der Waals surface area (Å²) >= 11 is 1.57. The van der Waals surface area contributed by atoms with E-state index in [1.165, 1.54) is 7.11 Å². The van der Waals surface area contributed by atoms with Crippen molar-refractivity contribution < 1.29 is 19.1 Å². The fraction of sp³-hybridized carbons (Fsp3) is 0.591. The fourth-order valence-electron chi connectivity index (χ4n) is 3.58. The van der Waals surface area contributed by atoms with E-state index < -0.39 is 5.60 Å². The lowest BCUT2D eigenvalue weighted by Crippen LogP contribution is -2.54.